The first kappa shape index (κ1) is 13.6. The maximum absolute atomic E-state index is 12.3. The van der Waals surface area contributed by atoms with Crippen molar-refractivity contribution >= 4 is 11.8 Å². The van der Waals surface area contributed by atoms with Crippen molar-refractivity contribution in [3.05, 3.63) is 22.7 Å². The van der Waals surface area contributed by atoms with Crippen molar-refractivity contribution in [2.75, 3.05) is 25.1 Å². The van der Waals surface area contributed by atoms with Crippen molar-refractivity contribution in [3.8, 4) is 0 Å². The highest BCUT2D eigenvalue weighted by atomic mass is 16.5. The van der Waals surface area contributed by atoms with Gasteiger partial charge in [-0.15, -0.1) is 0 Å². The minimum Gasteiger partial charge on any atom is -0.468 e. The van der Waals surface area contributed by atoms with Gasteiger partial charge in [0.05, 0.1) is 7.11 Å². The molecule has 1 aromatic rings. The van der Waals surface area contributed by atoms with Gasteiger partial charge >= 0.3 is 5.97 Å². The predicted molar refractivity (Wildman–Crippen MR) is 71.3 cm³/mol. The number of esters is 1. The zero-order chi connectivity index (χ0) is 13.8. The highest BCUT2D eigenvalue weighted by Gasteiger charge is 2.26. The molecule has 1 aliphatic carbocycles. The average Bonchev–Trinajstić information content (AvgIpc) is 3.23. The van der Waals surface area contributed by atoms with E-state index in [-0.39, 0.29) is 18.1 Å². The highest BCUT2D eigenvalue weighted by molar-refractivity contribution is 5.75. The number of methoxy groups -OCH3 is 1. The summed E-state index contributed by atoms with van der Waals surface area (Å²) in [7, 11) is 1.34. The van der Waals surface area contributed by atoms with Crippen LogP contribution in [0, 0.1) is 0 Å². The topological polar surface area (TPSA) is 64.4 Å². The normalized spacial score (nSPS) is 14.2. The Morgan fingerprint density at radius 2 is 2.32 bits per heavy atom. The smallest absolute Gasteiger partial charge is 0.325 e. The van der Waals surface area contributed by atoms with Crippen molar-refractivity contribution in [1.29, 1.82) is 0 Å². The maximum Gasteiger partial charge on any atom is 0.325 e. The highest BCUT2D eigenvalue weighted by Crippen LogP contribution is 2.33. The summed E-state index contributed by atoms with van der Waals surface area (Å²) in [5, 5.41) is 0. The van der Waals surface area contributed by atoms with Gasteiger partial charge in [0.1, 0.15) is 6.54 Å². The van der Waals surface area contributed by atoms with Gasteiger partial charge in [-0.2, -0.15) is 0 Å². The fourth-order valence-electron chi connectivity index (χ4n) is 2.02. The standard InChI is InChI=1S/C13H19N3O3/c1-3-7-15(9-11(17)19-2)12-13(18)16(8-6-14-12)10-4-5-10/h6,8,10H,3-5,7,9H2,1-2H3. The Morgan fingerprint density at radius 3 is 2.89 bits per heavy atom. The molecule has 0 aliphatic heterocycles. The molecule has 0 atom stereocenters. The second-order valence-corrected chi connectivity index (χ2v) is 4.69. The van der Waals surface area contributed by atoms with Crippen LogP contribution in [0.1, 0.15) is 32.2 Å². The van der Waals surface area contributed by atoms with Gasteiger partial charge in [0.15, 0.2) is 5.82 Å². The third kappa shape index (κ3) is 3.13. The molecule has 1 saturated carbocycles. The van der Waals surface area contributed by atoms with Gasteiger partial charge in [-0.1, -0.05) is 6.92 Å². The Labute approximate surface area is 112 Å². The number of aromatic nitrogens is 2. The molecule has 0 spiro atoms. The fraction of sp³-hybridized carbons (Fsp3) is 0.615. The molecule has 1 heterocycles. The molecule has 6 nitrogen and oxygen atoms in total. The molecule has 0 saturated heterocycles. The summed E-state index contributed by atoms with van der Waals surface area (Å²) in [5.74, 6) is -0.0295. The van der Waals surface area contributed by atoms with Gasteiger partial charge in [0, 0.05) is 25.0 Å². The minimum atomic E-state index is -0.364. The average molecular weight is 265 g/mol. The summed E-state index contributed by atoms with van der Waals surface area (Å²) >= 11 is 0. The quantitative estimate of drug-likeness (QED) is 0.717. The van der Waals surface area contributed by atoms with E-state index in [2.05, 4.69) is 9.72 Å². The van der Waals surface area contributed by atoms with E-state index >= 15 is 0 Å². The molecule has 1 aromatic heterocycles. The number of hydrogen-bond acceptors (Lipinski definition) is 5. The lowest BCUT2D eigenvalue weighted by molar-refractivity contribution is -0.138. The van der Waals surface area contributed by atoms with Crippen molar-refractivity contribution in [2.45, 2.75) is 32.2 Å². The van der Waals surface area contributed by atoms with Crippen molar-refractivity contribution in [3.63, 3.8) is 0 Å². The predicted octanol–water partition coefficient (Wildman–Crippen LogP) is 0.968. The molecule has 2 rings (SSSR count). The van der Waals surface area contributed by atoms with Gasteiger partial charge in [0.25, 0.3) is 5.56 Å². The summed E-state index contributed by atoms with van der Waals surface area (Å²) in [6.45, 7) is 2.65. The number of hydrogen-bond donors (Lipinski definition) is 0. The lowest BCUT2D eigenvalue weighted by Crippen LogP contribution is -2.37. The SMILES string of the molecule is CCCN(CC(=O)OC)c1nccn(C2CC2)c1=O. The first-order valence-electron chi connectivity index (χ1n) is 6.56. The molecule has 19 heavy (non-hydrogen) atoms. The summed E-state index contributed by atoms with van der Waals surface area (Å²) in [6.07, 6.45) is 6.24. The Kier molecular flexibility index (Phi) is 4.19. The van der Waals surface area contributed by atoms with E-state index in [4.69, 9.17) is 0 Å². The van der Waals surface area contributed by atoms with Gasteiger partial charge in [-0.3, -0.25) is 9.59 Å². The van der Waals surface area contributed by atoms with Crippen LogP contribution in [0.3, 0.4) is 0 Å². The zero-order valence-corrected chi connectivity index (χ0v) is 11.3. The van der Waals surface area contributed by atoms with E-state index in [0.717, 1.165) is 19.3 Å². The van der Waals surface area contributed by atoms with E-state index in [1.54, 1.807) is 21.9 Å². The van der Waals surface area contributed by atoms with Gasteiger partial charge in [-0.25, -0.2) is 4.98 Å². The third-order valence-corrected chi connectivity index (χ3v) is 3.13. The molecule has 1 fully saturated rings. The van der Waals surface area contributed by atoms with Crippen molar-refractivity contribution < 1.29 is 9.53 Å². The summed E-state index contributed by atoms with van der Waals surface area (Å²) in [5.41, 5.74) is -0.123. The number of anilines is 1. The number of carbonyl (C=O) groups is 1. The molecule has 0 radical (unpaired) electrons. The first-order valence-corrected chi connectivity index (χ1v) is 6.56. The molecule has 6 heteroatoms. The molecular formula is C13H19N3O3. The molecular weight excluding hydrogens is 246 g/mol. The van der Waals surface area contributed by atoms with Crippen LogP contribution in [0.4, 0.5) is 5.82 Å². The van der Waals surface area contributed by atoms with E-state index < -0.39 is 0 Å². The van der Waals surface area contributed by atoms with E-state index in [0.29, 0.717) is 18.4 Å². The molecule has 0 bridgehead atoms. The van der Waals surface area contributed by atoms with Crippen molar-refractivity contribution in [1.82, 2.24) is 9.55 Å². The Bertz CT molecular complexity index is 508. The summed E-state index contributed by atoms with van der Waals surface area (Å²) in [6, 6.07) is 0.302. The largest absolute Gasteiger partial charge is 0.468 e. The molecule has 1 aliphatic rings. The molecule has 0 N–H and O–H groups in total. The minimum absolute atomic E-state index is 0.0568. The van der Waals surface area contributed by atoms with E-state index in [1.165, 1.54) is 7.11 Å². The van der Waals surface area contributed by atoms with Crippen LogP contribution in [0.5, 0.6) is 0 Å². The summed E-state index contributed by atoms with van der Waals surface area (Å²) < 4.78 is 6.37. The van der Waals surface area contributed by atoms with Crippen LogP contribution >= 0.6 is 0 Å². The molecule has 0 aromatic carbocycles. The Balaban J connectivity index is 2.27. The second kappa shape index (κ2) is 5.86. The lowest BCUT2D eigenvalue weighted by atomic mass is 10.4. The zero-order valence-electron chi connectivity index (χ0n) is 11.3. The number of rotatable bonds is 6. The monoisotopic (exact) mass is 265 g/mol. The number of ether oxygens (including phenoxy) is 1. The van der Waals surface area contributed by atoms with Crippen LogP contribution in [-0.4, -0.2) is 35.7 Å². The van der Waals surface area contributed by atoms with Crippen LogP contribution < -0.4 is 10.5 Å². The van der Waals surface area contributed by atoms with Gasteiger partial charge in [0.2, 0.25) is 0 Å². The van der Waals surface area contributed by atoms with Crippen LogP contribution in [-0.2, 0) is 9.53 Å². The Morgan fingerprint density at radius 1 is 1.58 bits per heavy atom. The number of nitrogens with zero attached hydrogens (tertiary/aromatic N) is 3. The van der Waals surface area contributed by atoms with Crippen LogP contribution in [0.15, 0.2) is 17.2 Å². The number of carbonyl (C=O) groups excluding carboxylic acids is 1. The maximum atomic E-state index is 12.3. The lowest BCUT2D eigenvalue weighted by Gasteiger charge is -2.21. The van der Waals surface area contributed by atoms with E-state index in [9.17, 15) is 9.59 Å². The third-order valence-electron chi connectivity index (χ3n) is 3.13. The fourth-order valence-corrected chi connectivity index (χ4v) is 2.02. The summed E-state index contributed by atoms with van der Waals surface area (Å²) in [4.78, 5) is 29.6. The van der Waals surface area contributed by atoms with Crippen LogP contribution in [0.2, 0.25) is 0 Å². The first-order chi connectivity index (χ1) is 9.17. The molecule has 0 amide bonds. The Hall–Kier alpha value is -1.85. The molecule has 104 valence electrons. The van der Waals surface area contributed by atoms with Gasteiger partial charge in [-0.05, 0) is 19.3 Å². The van der Waals surface area contributed by atoms with Gasteiger partial charge < -0.3 is 14.2 Å². The second-order valence-electron chi connectivity index (χ2n) is 4.69. The molecule has 0 unspecified atom stereocenters. The van der Waals surface area contributed by atoms with E-state index in [1.807, 2.05) is 6.92 Å². The van der Waals surface area contributed by atoms with Crippen molar-refractivity contribution in [2.24, 2.45) is 0 Å². The van der Waals surface area contributed by atoms with Crippen LogP contribution in [0.25, 0.3) is 0 Å².